The lowest BCUT2D eigenvalue weighted by Crippen LogP contribution is -2.03. The quantitative estimate of drug-likeness (QED) is 0.879. The van der Waals surface area contributed by atoms with E-state index in [4.69, 9.17) is 9.47 Å². The maximum Gasteiger partial charge on any atom is 0.123 e. The number of benzene rings is 2. The van der Waals surface area contributed by atoms with E-state index in [1.54, 1.807) is 14.2 Å². The first-order chi connectivity index (χ1) is 9.63. The predicted molar refractivity (Wildman–Crippen MR) is 85.8 cm³/mol. The Kier molecular flexibility index (Phi) is 4.90. The molecule has 0 bridgehead atoms. The van der Waals surface area contributed by atoms with Gasteiger partial charge in [0.1, 0.15) is 11.5 Å². The summed E-state index contributed by atoms with van der Waals surface area (Å²) in [7, 11) is 3.36. The maximum atomic E-state index is 5.37. The van der Waals surface area contributed by atoms with Crippen molar-refractivity contribution in [2.45, 2.75) is 13.5 Å². The molecular weight excluding hydrogens is 318 g/mol. The normalized spacial score (nSPS) is 10.2. The van der Waals surface area contributed by atoms with Crippen molar-refractivity contribution in [3.63, 3.8) is 0 Å². The molecule has 1 N–H and O–H groups in total. The van der Waals surface area contributed by atoms with E-state index in [2.05, 4.69) is 34.2 Å². The summed E-state index contributed by atoms with van der Waals surface area (Å²) in [6, 6.07) is 12.0. The molecule has 106 valence electrons. The highest BCUT2D eigenvalue weighted by Crippen LogP contribution is 2.26. The SMILES string of the molecule is COc1ccc(NCc2cc(Br)ccc2OC)c(C)c1. The van der Waals surface area contributed by atoms with Gasteiger partial charge >= 0.3 is 0 Å². The molecule has 0 aliphatic carbocycles. The molecule has 0 radical (unpaired) electrons. The van der Waals surface area contributed by atoms with Gasteiger partial charge in [-0.1, -0.05) is 15.9 Å². The summed E-state index contributed by atoms with van der Waals surface area (Å²) in [5, 5.41) is 3.43. The summed E-state index contributed by atoms with van der Waals surface area (Å²) in [5.41, 5.74) is 3.35. The van der Waals surface area contributed by atoms with E-state index in [9.17, 15) is 0 Å². The molecule has 0 atom stereocenters. The number of halogens is 1. The van der Waals surface area contributed by atoms with Gasteiger partial charge in [0.15, 0.2) is 0 Å². The van der Waals surface area contributed by atoms with E-state index in [1.807, 2.05) is 30.3 Å². The van der Waals surface area contributed by atoms with Crippen molar-refractivity contribution in [2.75, 3.05) is 19.5 Å². The van der Waals surface area contributed by atoms with Crippen molar-refractivity contribution in [1.82, 2.24) is 0 Å². The minimum Gasteiger partial charge on any atom is -0.497 e. The second kappa shape index (κ2) is 6.66. The third kappa shape index (κ3) is 3.45. The van der Waals surface area contributed by atoms with E-state index in [0.717, 1.165) is 32.8 Å². The Hall–Kier alpha value is -1.68. The number of hydrogen-bond acceptors (Lipinski definition) is 3. The van der Waals surface area contributed by atoms with Gasteiger partial charge in [-0.05, 0) is 48.9 Å². The van der Waals surface area contributed by atoms with Gasteiger partial charge in [0.2, 0.25) is 0 Å². The Morgan fingerprint density at radius 3 is 2.50 bits per heavy atom. The van der Waals surface area contributed by atoms with Crippen LogP contribution >= 0.6 is 15.9 Å². The number of nitrogens with one attached hydrogen (secondary N) is 1. The van der Waals surface area contributed by atoms with Crippen LogP contribution in [0.1, 0.15) is 11.1 Å². The standard InChI is InChI=1S/C16H18BrNO2/c1-11-8-14(19-2)5-6-15(11)18-10-12-9-13(17)4-7-16(12)20-3/h4-9,18H,10H2,1-3H3. The molecule has 0 saturated carbocycles. The van der Waals surface area contributed by atoms with E-state index in [0.29, 0.717) is 6.54 Å². The van der Waals surface area contributed by atoms with Crippen LogP contribution in [0.3, 0.4) is 0 Å². The van der Waals surface area contributed by atoms with Crippen LogP contribution in [0.4, 0.5) is 5.69 Å². The van der Waals surface area contributed by atoms with Crippen LogP contribution in [0.2, 0.25) is 0 Å². The van der Waals surface area contributed by atoms with Crippen molar-refractivity contribution >= 4 is 21.6 Å². The largest absolute Gasteiger partial charge is 0.497 e. The predicted octanol–water partition coefficient (Wildman–Crippen LogP) is 4.39. The number of hydrogen-bond donors (Lipinski definition) is 1. The second-order valence-electron chi connectivity index (χ2n) is 4.49. The maximum absolute atomic E-state index is 5.37. The van der Waals surface area contributed by atoms with Crippen LogP contribution in [0, 0.1) is 6.92 Å². The zero-order chi connectivity index (χ0) is 14.5. The minimum atomic E-state index is 0.704. The highest BCUT2D eigenvalue weighted by Gasteiger charge is 2.05. The van der Waals surface area contributed by atoms with E-state index >= 15 is 0 Å². The average Bonchev–Trinajstić information content (AvgIpc) is 2.46. The highest BCUT2D eigenvalue weighted by molar-refractivity contribution is 9.10. The smallest absolute Gasteiger partial charge is 0.123 e. The summed E-state index contributed by atoms with van der Waals surface area (Å²) in [4.78, 5) is 0. The molecule has 0 unspecified atom stereocenters. The first kappa shape index (κ1) is 14.7. The number of rotatable bonds is 5. The molecule has 4 heteroatoms. The summed E-state index contributed by atoms with van der Waals surface area (Å²) < 4.78 is 11.6. The molecule has 3 nitrogen and oxygen atoms in total. The van der Waals surface area contributed by atoms with Crippen molar-refractivity contribution in [3.8, 4) is 11.5 Å². The minimum absolute atomic E-state index is 0.704. The molecule has 0 saturated heterocycles. The van der Waals surface area contributed by atoms with E-state index in [1.165, 1.54) is 0 Å². The van der Waals surface area contributed by atoms with Crippen molar-refractivity contribution in [2.24, 2.45) is 0 Å². The lowest BCUT2D eigenvalue weighted by atomic mass is 10.1. The van der Waals surface area contributed by atoms with Gasteiger partial charge in [-0.15, -0.1) is 0 Å². The van der Waals surface area contributed by atoms with Gasteiger partial charge in [-0.25, -0.2) is 0 Å². The van der Waals surface area contributed by atoms with Crippen LogP contribution in [0.15, 0.2) is 40.9 Å². The lowest BCUT2D eigenvalue weighted by molar-refractivity contribution is 0.410. The number of aryl methyl sites for hydroxylation is 1. The Morgan fingerprint density at radius 1 is 1.05 bits per heavy atom. The molecule has 2 aromatic rings. The van der Waals surface area contributed by atoms with Crippen LogP contribution in [0.25, 0.3) is 0 Å². The summed E-state index contributed by atoms with van der Waals surface area (Å²) in [6.07, 6.45) is 0. The van der Waals surface area contributed by atoms with Crippen LogP contribution < -0.4 is 14.8 Å². The fourth-order valence-corrected chi connectivity index (χ4v) is 2.45. The molecular formula is C16H18BrNO2. The molecule has 0 aliphatic heterocycles. The van der Waals surface area contributed by atoms with Crippen molar-refractivity contribution < 1.29 is 9.47 Å². The molecule has 0 spiro atoms. The van der Waals surface area contributed by atoms with Crippen LogP contribution in [0.5, 0.6) is 11.5 Å². The van der Waals surface area contributed by atoms with Gasteiger partial charge in [-0.3, -0.25) is 0 Å². The van der Waals surface area contributed by atoms with Gasteiger partial charge in [0, 0.05) is 22.3 Å². The fraction of sp³-hybridized carbons (Fsp3) is 0.250. The van der Waals surface area contributed by atoms with E-state index < -0.39 is 0 Å². The van der Waals surface area contributed by atoms with Gasteiger partial charge < -0.3 is 14.8 Å². The first-order valence-corrected chi connectivity index (χ1v) is 7.14. The third-order valence-electron chi connectivity index (χ3n) is 3.15. The van der Waals surface area contributed by atoms with Crippen LogP contribution in [-0.2, 0) is 6.54 Å². The van der Waals surface area contributed by atoms with Crippen molar-refractivity contribution in [3.05, 3.63) is 52.0 Å². The molecule has 0 fully saturated rings. The fourth-order valence-electron chi connectivity index (χ4n) is 2.04. The Morgan fingerprint density at radius 2 is 1.85 bits per heavy atom. The summed E-state index contributed by atoms with van der Waals surface area (Å²) in [6.45, 7) is 2.76. The molecule has 20 heavy (non-hydrogen) atoms. The Bertz CT molecular complexity index is 599. The lowest BCUT2D eigenvalue weighted by Gasteiger charge is -2.13. The number of methoxy groups -OCH3 is 2. The number of ether oxygens (including phenoxy) is 2. The Balaban J connectivity index is 2.14. The first-order valence-electron chi connectivity index (χ1n) is 6.35. The number of anilines is 1. The summed E-state index contributed by atoms with van der Waals surface area (Å²) in [5.74, 6) is 1.75. The highest BCUT2D eigenvalue weighted by atomic mass is 79.9. The van der Waals surface area contributed by atoms with Gasteiger partial charge in [0.05, 0.1) is 14.2 Å². The van der Waals surface area contributed by atoms with E-state index in [-0.39, 0.29) is 0 Å². The monoisotopic (exact) mass is 335 g/mol. The molecule has 2 aromatic carbocycles. The zero-order valence-electron chi connectivity index (χ0n) is 11.9. The van der Waals surface area contributed by atoms with Crippen LogP contribution in [-0.4, -0.2) is 14.2 Å². The third-order valence-corrected chi connectivity index (χ3v) is 3.64. The molecule has 0 aromatic heterocycles. The van der Waals surface area contributed by atoms with Gasteiger partial charge in [0.25, 0.3) is 0 Å². The second-order valence-corrected chi connectivity index (χ2v) is 5.41. The topological polar surface area (TPSA) is 30.5 Å². The average molecular weight is 336 g/mol. The zero-order valence-corrected chi connectivity index (χ0v) is 13.5. The van der Waals surface area contributed by atoms with Gasteiger partial charge in [-0.2, -0.15) is 0 Å². The summed E-state index contributed by atoms with van der Waals surface area (Å²) >= 11 is 3.49. The molecule has 0 heterocycles. The molecule has 2 rings (SSSR count). The molecule has 0 amide bonds. The van der Waals surface area contributed by atoms with Crippen molar-refractivity contribution in [1.29, 1.82) is 0 Å². The molecule has 0 aliphatic rings. The Labute approximate surface area is 128 Å².